The number of aromatic hydroxyl groups is 1. The Morgan fingerprint density at radius 1 is 0.919 bits per heavy atom. The summed E-state index contributed by atoms with van der Waals surface area (Å²) in [4.78, 5) is 59.6. The van der Waals surface area contributed by atoms with Crippen LogP contribution in [0.15, 0.2) is 70.7 Å². The van der Waals surface area contributed by atoms with E-state index in [0.29, 0.717) is 9.37 Å². The van der Waals surface area contributed by atoms with Gasteiger partial charge in [0.2, 0.25) is 5.75 Å². The van der Waals surface area contributed by atoms with E-state index in [1.165, 1.54) is 42.5 Å². The number of phenols is 1. The Bertz CT molecular complexity index is 1520. The van der Waals surface area contributed by atoms with Crippen molar-refractivity contribution in [3.63, 3.8) is 0 Å². The number of phenolic OH excluding ortho intramolecular Hbond substituents is 1. The topological polar surface area (TPSA) is 182 Å². The molecule has 0 radical (unpaired) electrons. The molecule has 1 aliphatic rings. The van der Waals surface area contributed by atoms with Gasteiger partial charge in [0.15, 0.2) is 0 Å². The molecule has 1 aliphatic heterocycles. The molecule has 14 heteroatoms. The van der Waals surface area contributed by atoms with Crippen LogP contribution in [-0.2, 0) is 9.59 Å². The number of amides is 4. The number of nitro benzene ring substituents is 2. The maximum absolute atomic E-state index is 13.1. The molecule has 0 atom stereocenters. The zero-order valence-corrected chi connectivity index (χ0v) is 19.9. The van der Waals surface area contributed by atoms with Gasteiger partial charge >= 0.3 is 11.7 Å². The number of carbonyl (C=O) groups is 3. The number of barbiturate groups is 1. The molecule has 0 aliphatic carbocycles. The first-order valence-corrected chi connectivity index (χ1v) is 10.9. The molecule has 3 aromatic rings. The van der Waals surface area contributed by atoms with Crippen LogP contribution in [0.2, 0.25) is 0 Å². The number of hydrogen-bond donors (Lipinski definition) is 2. The lowest BCUT2D eigenvalue weighted by atomic mass is 10.1. The van der Waals surface area contributed by atoms with E-state index in [9.17, 15) is 39.7 Å². The van der Waals surface area contributed by atoms with Gasteiger partial charge in [0, 0.05) is 16.1 Å². The van der Waals surface area contributed by atoms with Gasteiger partial charge in [-0.15, -0.1) is 0 Å². The van der Waals surface area contributed by atoms with Crippen molar-refractivity contribution in [2.24, 2.45) is 0 Å². The molecule has 0 saturated carbocycles. The van der Waals surface area contributed by atoms with Gasteiger partial charge in [0.05, 0.1) is 21.6 Å². The standard InChI is InChI=1S/C23H13BrN4O9/c24-13-1-7-19(37-20-8-4-15(27(33)34)11-18(20)28(35)36)12(9-13)10-17-21(30)25-23(32)26(22(17)31)14-2-5-16(29)6-3-14/h1-11,29H,(H,25,30,32)/b17-10+. The SMILES string of the molecule is O=C1NC(=O)N(c2ccc(O)cc2)C(=O)/C1=C/c1cc(Br)ccc1Oc1ccc([N+](=O)[O-])cc1[N+](=O)[O-]. The molecule has 1 saturated heterocycles. The zero-order valence-electron chi connectivity index (χ0n) is 18.3. The molecule has 2 N–H and O–H groups in total. The minimum Gasteiger partial charge on any atom is -0.508 e. The number of nitrogens with zero attached hydrogens (tertiary/aromatic N) is 3. The zero-order chi connectivity index (χ0) is 26.9. The van der Waals surface area contributed by atoms with Crippen LogP contribution in [0.3, 0.4) is 0 Å². The van der Waals surface area contributed by atoms with E-state index in [1.54, 1.807) is 0 Å². The highest BCUT2D eigenvalue weighted by Gasteiger charge is 2.37. The van der Waals surface area contributed by atoms with Gasteiger partial charge in [0.25, 0.3) is 17.5 Å². The van der Waals surface area contributed by atoms with E-state index in [4.69, 9.17) is 4.74 Å². The van der Waals surface area contributed by atoms with Gasteiger partial charge in [0.1, 0.15) is 17.1 Å². The van der Waals surface area contributed by atoms with Crippen LogP contribution in [0.4, 0.5) is 21.9 Å². The van der Waals surface area contributed by atoms with Crippen molar-refractivity contribution in [2.75, 3.05) is 4.90 Å². The Kier molecular flexibility index (Phi) is 6.67. The Hall–Kier alpha value is -5.11. The van der Waals surface area contributed by atoms with Crippen LogP contribution in [0.25, 0.3) is 6.08 Å². The van der Waals surface area contributed by atoms with Gasteiger partial charge in [-0.25, -0.2) is 9.69 Å². The molecule has 3 aromatic carbocycles. The van der Waals surface area contributed by atoms with Crippen molar-refractivity contribution in [1.29, 1.82) is 0 Å². The third kappa shape index (κ3) is 5.13. The lowest BCUT2D eigenvalue weighted by Gasteiger charge is -2.26. The number of hydrogen-bond acceptors (Lipinski definition) is 9. The number of ether oxygens (including phenoxy) is 1. The number of nitro groups is 2. The van der Waals surface area contributed by atoms with Gasteiger partial charge < -0.3 is 9.84 Å². The number of urea groups is 1. The fourth-order valence-corrected chi connectivity index (χ4v) is 3.72. The molecule has 0 bridgehead atoms. The van der Waals surface area contributed by atoms with Gasteiger partial charge in [-0.2, -0.15) is 0 Å². The van der Waals surface area contributed by atoms with Gasteiger partial charge in [-0.05, 0) is 54.6 Å². The molecule has 37 heavy (non-hydrogen) atoms. The van der Waals surface area contributed by atoms with Crippen molar-refractivity contribution in [2.45, 2.75) is 0 Å². The molecule has 1 heterocycles. The molecule has 186 valence electrons. The molecule has 4 amide bonds. The minimum atomic E-state index is -0.995. The quantitative estimate of drug-likeness (QED) is 0.188. The van der Waals surface area contributed by atoms with Crippen LogP contribution in [0.5, 0.6) is 17.2 Å². The Labute approximate surface area is 215 Å². The van der Waals surface area contributed by atoms with Crippen LogP contribution >= 0.6 is 15.9 Å². The molecule has 0 spiro atoms. The summed E-state index contributed by atoms with van der Waals surface area (Å²) in [6.07, 6.45) is 1.13. The average Bonchev–Trinajstić information content (AvgIpc) is 2.84. The second-order valence-corrected chi connectivity index (χ2v) is 8.34. The van der Waals surface area contributed by atoms with Crippen LogP contribution in [-0.4, -0.2) is 32.8 Å². The molecule has 4 rings (SSSR count). The summed E-state index contributed by atoms with van der Waals surface area (Å²) in [5.41, 5.74) is -1.42. The summed E-state index contributed by atoms with van der Waals surface area (Å²) in [6.45, 7) is 0. The predicted octanol–water partition coefficient (Wildman–Crippen LogP) is 4.43. The van der Waals surface area contributed by atoms with E-state index < -0.39 is 44.6 Å². The second-order valence-electron chi connectivity index (χ2n) is 7.42. The normalized spacial score (nSPS) is 14.5. The first-order chi connectivity index (χ1) is 17.5. The van der Waals surface area contributed by atoms with E-state index in [1.807, 2.05) is 0 Å². The first-order valence-electron chi connectivity index (χ1n) is 10.2. The van der Waals surface area contributed by atoms with E-state index in [2.05, 4.69) is 21.2 Å². The van der Waals surface area contributed by atoms with Crippen molar-refractivity contribution >= 4 is 56.9 Å². The summed E-state index contributed by atoms with van der Waals surface area (Å²) >= 11 is 3.26. The second kappa shape index (κ2) is 9.87. The summed E-state index contributed by atoms with van der Waals surface area (Å²) in [5, 5.41) is 34.0. The average molecular weight is 569 g/mol. The number of anilines is 1. The number of halogens is 1. The maximum Gasteiger partial charge on any atom is 0.335 e. The third-order valence-corrected chi connectivity index (χ3v) is 5.54. The van der Waals surface area contributed by atoms with Crippen molar-refractivity contribution in [3.8, 4) is 17.2 Å². The fourth-order valence-electron chi connectivity index (χ4n) is 3.34. The Balaban J connectivity index is 1.76. The summed E-state index contributed by atoms with van der Waals surface area (Å²) in [5.74, 6) is -2.40. The summed E-state index contributed by atoms with van der Waals surface area (Å²) in [6, 6.07) is 11.3. The van der Waals surface area contributed by atoms with E-state index >= 15 is 0 Å². The van der Waals surface area contributed by atoms with Crippen LogP contribution in [0.1, 0.15) is 5.56 Å². The number of non-ortho nitro benzene ring substituents is 1. The van der Waals surface area contributed by atoms with Crippen LogP contribution in [0, 0.1) is 20.2 Å². The lowest BCUT2D eigenvalue weighted by molar-refractivity contribution is -0.394. The highest BCUT2D eigenvalue weighted by molar-refractivity contribution is 9.10. The highest BCUT2D eigenvalue weighted by atomic mass is 79.9. The maximum atomic E-state index is 13.1. The molecule has 1 fully saturated rings. The number of imide groups is 2. The molecule has 0 unspecified atom stereocenters. The van der Waals surface area contributed by atoms with Crippen molar-refractivity contribution in [1.82, 2.24) is 5.32 Å². The Morgan fingerprint density at radius 3 is 2.24 bits per heavy atom. The molecular weight excluding hydrogens is 556 g/mol. The largest absolute Gasteiger partial charge is 0.508 e. The Morgan fingerprint density at radius 2 is 1.59 bits per heavy atom. The summed E-state index contributed by atoms with van der Waals surface area (Å²) in [7, 11) is 0. The number of nitrogens with one attached hydrogen (secondary N) is 1. The molecular formula is C23H13BrN4O9. The molecule has 0 aromatic heterocycles. The molecule has 13 nitrogen and oxygen atoms in total. The van der Waals surface area contributed by atoms with Gasteiger partial charge in [-0.1, -0.05) is 15.9 Å². The van der Waals surface area contributed by atoms with E-state index in [-0.39, 0.29) is 28.5 Å². The minimum absolute atomic E-state index is 0.0265. The predicted molar refractivity (Wildman–Crippen MR) is 131 cm³/mol. The number of benzene rings is 3. The third-order valence-electron chi connectivity index (χ3n) is 5.05. The fraction of sp³-hybridized carbons (Fsp3) is 0. The van der Waals surface area contributed by atoms with Crippen molar-refractivity contribution < 1.29 is 34.1 Å². The summed E-state index contributed by atoms with van der Waals surface area (Å²) < 4.78 is 6.17. The number of rotatable bonds is 6. The van der Waals surface area contributed by atoms with Gasteiger partial charge in [-0.3, -0.25) is 35.1 Å². The van der Waals surface area contributed by atoms with Crippen LogP contribution < -0.4 is 15.0 Å². The monoisotopic (exact) mass is 568 g/mol. The van der Waals surface area contributed by atoms with E-state index in [0.717, 1.165) is 24.3 Å². The number of carbonyl (C=O) groups excluding carboxylic acids is 3. The smallest absolute Gasteiger partial charge is 0.335 e. The lowest BCUT2D eigenvalue weighted by Crippen LogP contribution is -2.54. The first kappa shape index (κ1) is 25.0. The highest BCUT2D eigenvalue weighted by Crippen LogP contribution is 2.37. The van der Waals surface area contributed by atoms with Crippen molar-refractivity contribution in [3.05, 3.63) is 96.5 Å².